The fourth-order valence-corrected chi connectivity index (χ4v) is 3.92. The fourth-order valence-electron chi connectivity index (χ4n) is 3.01. The van der Waals surface area contributed by atoms with Crippen LogP contribution in [0.5, 0.6) is 0 Å². The molecule has 136 valence electrons. The van der Waals surface area contributed by atoms with E-state index in [4.69, 9.17) is 10.5 Å². The summed E-state index contributed by atoms with van der Waals surface area (Å²) in [5.74, 6) is 1.33. The topological polar surface area (TPSA) is 66.0 Å². The first-order valence-corrected chi connectivity index (χ1v) is 9.83. The quantitative estimate of drug-likeness (QED) is 0.724. The number of aromatic nitrogens is 3. The van der Waals surface area contributed by atoms with Crippen molar-refractivity contribution in [2.75, 3.05) is 6.61 Å². The van der Waals surface area contributed by atoms with Gasteiger partial charge in [0.25, 0.3) is 0 Å². The Hall–Kier alpha value is -1.44. The maximum Gasteiger partial charge on any atom is 0.191 e. The van der Waals surface area contributed by atoms with E-state index in [1.54, 1.807) is 23.9 Å². The Morgan fingerprint density at radius 2 is 2.16 bits per heavy atom. The number of thioether (sulfide) groups is 1. The molecule has 0 amide bonds. The van der Waals surface area contributed by atoms with Gasteiger partial charge in [0.2, 0.25) is 0 Å². The van der Waals surface area contributed by atoms with Gasteiger partial charge >= 0.3 is 0 Å². The second-order valence-corrected chi connectivity index (χ2v) is 7.34. The molecular formula is C18H25FN4OS. The molecule has 1 aromatic heterocycles. The zero-order chi connectivity index (χ0) is 17.6. The highest BCUT2D eigenvalue weighted by atomic mass is 32.2. The van der Waals surface area contributed by atoms with Crippen LogP contribution >= 0.6 is 11.8 Å². The molecule has 0 aliphatic carbocycles. The van der Waals surface area contributed by atoms with E-state index in [0.717, 1.165) is 55.4 Å². The summed E-state index contributed by atoms with van der Waals surface area (Å²) in [7, 11) is 0. The number of ether oxygens (including phenoxy) is 1. The van der Waals surface area contributed by atoms with Crippen molar-refractivity contribution in [3.8, 4) is 0 Å². The van der Waals surface area contributed by atoms with Gasteiger partial charge in [-0.25, -0.2) is 4.39 Å². The highest BCUT2D eigenvalue weighted by Gasteiger charge is 2.23. The lowest BCUT2D eigenvalue weighted by Gasteiger charge is -2.17. The van der Waals surface area contributed by atoms with Crippen LogP contribution in [0.2, 0.25) is 0 Å². The van der Waals surface area contributed by atoms with Crippen LogP contribution in [0.1, 0.15) is 50.0 Å². The molecular weight excluding hydrogens is 339 g/mol. The standard InChI is InChI=1S/C18H25FN4OS/c1-2-4-16(20)17-21-22-18(23(17)11-15-5-3-10-24-15)25-12-13-6-8-14(19)9-7-13/h6-9,15-16H,2-5,10-12,20H2,1H3. The lowest BCUT2D eigenvalue weighted by atomic mass is 10.1. The second kappa shape index (κ2) is 8.78. The third kappa shape index (κ3) is 4.80. The molecule has 1 fully saturated rings. The minimum Gasteiger partial charge on any atom is -0.376 e. The van der Waals surface area contributed by atoms with Crippen molar-refractivity contribution < 1.29 is 9.13 Å². The van der Waals surface area contributed by atoms with Gasteiger partial charge < -0.3 is 15.0 Å². The summed E-state index contributed by atoms with van der Waals surface area (Å²) in [5.41, 5.74) is 7.36. The second-order valence-electron chi connectivity index (χ2n) is 6.40. The van der Waals surface area contributed by atoms with Gasteiger partial charge in [-0.2, -0.15) is 0 Å². The van der Waals surface area contributed by atoms with Crippen molar-refractivity contribution in [1.29, 1.82) is 0 Å². The third-order valence-corrected chi connectivity index (χ3v) is 5.41. The van der Waals surface area contributed by atoms with Gasteiger partial charge in [-0.3, -0.25) is 0 Å². The van der Waals surface area contributed by atoms with Crippen molar-refractivity contribution in [3.05, 3.63) is 41.5 Å². The smallest absolute Gasteiger partial charge is 0.191 e. The van der Waals surface area contributed by atoms with Crippen LogP contribution in [0.25, 0.3) is 0 Å². The number of hydrogen-bond donors (Lipinski definition) is 1. The molecule has 1 saturated heterocycles. The van der Waals surface area contributed by atoms with Crippen LogP contribution in [0.3, 0.4) is 0 Å². The van der Waals surface area contributed by atoms with E-state index in [1.807, 2.05) is 0 Å². The average Bonchev–Trinajstić information content (AvgIpc) is 3.25. The lowest BCUT2D eigenvalue weighted by molar-refractivity contribution is 0.0938. The van der Waals surface area contributed by atoms with Gasteiger partial charge in [0.15, 0.2) is 11.0 Å². The van der Waals surface area contributed by atoms with E-state index in [-0.39, 0.29) is 18.0 Å². The summed E-state index contributed by atoms with van der Waals surface area (Å²) >= 11 is 1.60. The summed E-state index contributed by atoms with van der Waals surface area (Å²) < 4.78 is 20.9. The molecule has 1 aromatic carbocycles. The SMILES string of the molecule is CCCC(N)c1nnc(SCc2ccc(F)cc2)n1CC1CCCO1. The number of benzene rings is 1. The average molecular weight is 364 g/mol. The molecule has 7 heteroatoms. The zero-order valence-corrected chi connectivity index (χ0v) is 15.3. The van der Waals surface area contributed by atoms with Crippen LogP contribution in [-0.4, -0.2) is 27.5 Å². The van der Waals surface area contributed by atoms with E-state index < -0.39 is 0 Å². The number of nitrogens with zero attached hydrogens (tertiary/aromatic N) is 3. The highest BCUT2D eigenvalue weighted by molar-refractivity contribution is 7.98. The largest absolute Gasteiger partial charge is 0.376 e. The minimum absolute atomic E-state index is 0.112. The molecule has 3 rings (SSSR count). The highest BCUT2D eigenvalue weighted by Crippen LogP contribution is 2.27. The number of nitrogens with two attached hydrogens (primary N) is 1. The maximum absolute atomic E-state index is 13.0. The Balaban J connectivity index is 1.75. The number of rotatable bonds is 8. The van der Waals surface area contributed by atoms with E-state index >= 15 is 0 Å². The Morgan fingerprint density at radius 1 is 1.36 bits per heavy atom. The van der Waals surface area contributed by atoms with Crippen LogP contribution in [0.4, 0.5) is 4.39 Å². The monoisotopic (exact) mass is 364 g/mol. The predicted molar refractivity (Wildman–Crippen MR) is 96.8 cm³/mol. The Morgan fingerprint density at radius 3 is 2.84 bits per heavy atom. The molecule has 2 N–H and O–H groups in total. The predicted octanol–water partition coefficient (Wildman–Crippen LogP) is 3.69. The summed E-state index contributed by atoms with van der Waals surface area (Å²) in [6.07, 6.45) is 4.25. The molecule has 1 aliphatic heterocycles. The molecule has 2 heterocycles. The normalized spacial score (nSPS) is 18.6. The summed E-state index contributed by atoms with van der Waals surface area (Å²) in [6, 6.07) is 6.45. The van der Waals surface area contributed by atoms with Gasteiger partial charge in [0.1, 0.15) is 5.82 Å². The van der Waals surface area contributed by atoms with Crippen LogP contribution in [-0.2, 0) is 17.0 Å². The van der Waals surface area contributed by atoms with Crippen molar-refractivity contribution in [3.63, 3.8) is 0 Å². The van der Waals surface area contributed by atoms with E-state index in [2.05, 4.69) is 21.7 Å². The lowest BCUT2D eigenvalue weighted by Crippen LogP contribution is -2.22. The van der Waals surface area contributed by atoms with Gasteiger partial charge in [0.05, 0.1) is 18.7 Å². The van der Waals surface area contributed by atoms with Gasteiger partial charge in [-0.15, -0.1) is 10.2 Å². The van der Waals surface area contributed by atoms with E-state index in [1.165, 1.54) is 12.1 Å². The molecule has 1 aliphatic rings. The van der Waals surface area contributed by atoms with E-state index in [9.17, 15) is 4.39 Å². The first-order valence-electron chi connectivity index (χ1n) is 8.85. The molecule has 25 heavy (non-hydrogen) atoms. The summed E-state index contributed by atoms with van der Waals surface area (Å²) in [5, 5.41) is 9.56. The molecule has 2 aromatic rings. The van der Waals surface area contributed by atoms with Crippen molar-refractivity contribution in [1.82, 2.24) is 14.8 Å². The first-order chi connectivity index (χ1) is 12.2. The van der Waals surface area contributed by atoms with Crippen molar-refractivity contribution in [2.45, 2.75) is 62.2 Å². The number of hydrogen-bond acceptors (Lipinski definition) is 5. The molecule has 0 bridgehead atoms. The van der Waals surface area contributed by atoms with Crippen molar-refractivity contribution in [2.24, 2.45) is 5.73 Å². The minimum atomic E-state index is -0.219. The van der Waals surface area contributed by atoms with Gasteiger partial charge in [-0.1, -0.05) is 37.2 Å². The molecule has 2 atom stereocenters. The van der Waals surface area contributed by atoms with Crippen LogP contribution < -0.4 is 5.73 Å². The van der Waals surface area contributed by atoms with Crippen molar-refractivity contribution >= 4 is 11.8 Å². The zero-order valence-electron chi connectivity index (χ0n) is 14.5. The first kappa shape index (κ1) is 18.4. The van der Waals surface area contributed by atoms with E-state index in [0.29, 0.717) is 5.75 Å². The molecule has 0 spiro atoms. The number of halogens is 1. The molecule has 5 nitrogen and oxygen atoms in total. The summed E-state index contributed by atoms with van der Waals surface area (Å²) in [6.45, 7) is 3.68. The van der Waals surface area contributed by atoms with Crippen LogP contribution in [0, 0.1) is 5.82 Å². The Kier molecular flexibility index (Phi) is 6.45. The molecule has 2 unspecified atom stereocenters. The fraction of sp³-hybridized carbons (Fsp3) is 0.556. The summed E-state index contributed by atoms with van der Waals surface area (Å²) in [4.78, 5) is 0. The van der Waals surface area contributed by atoms with Gasteiger partial charge in [-0.05, 0) is 37.0 Å². The Labute approximate surface area is 152 Å². The maximum atomic E-state index is 13.0. The third-order valence-electron chi connectivity index (χ3n) is 4.37. The molecule has 0 radical (unpaired) electrons. The van der Waals surface area contributed by atoms with Crippen LogP contribution in [0.15, 0.2) is 29.4 Å². The Bertz CT molecular complexity index is 670. The van der Waals surface area contributed by atoms with Gasteiger partial charge in [0, 0.05) is 12.4 Å². The molecule has 0 saturated carbocycles.